The van der Waals surface area contributed by atoms with E-state index in [-0.39, 0.29) is 33.7 Å². The van der Waals surface area contributed by atoms with Gasteiger partial charge in [0, 0.05) is 10.7 Å². The summed E-state index contributed by atoms with van der Waals surface area (Å²) in [6, 6.07) is 12.2. The molecule has 1 aliphatic rings. The third-order valence-corrected chi connectivity index (χ3v) is 7.02. The minimum atomic E-state index is -0.897. The van der Waals surface area contributed by atoms with Gasteiger partial charge in [-0.15, -0.1) is 0 Å². The number of aryl methyl sites for hydroxylation is 2. The van der Waals surface area contributed by atoms with E-state index in [4.69, 9.17) is 39.5 Å². The molecule has 0 aromatic heterocycles. The van der Waals surface area contributed by atoms with Gasteiger partial charge in [0.25, 0.3) is 17.7 Å². The topological polar surface area (TPSA) is 105 Å². The highest BCUT2D eigenvalue weighted by Crippen LogP contribution is 2.36. The summed E-state index contributed by atoms with van der Waals surface area (Å²) >= 11 is 18.9. The number of amides is 5. The van der Waals surface area contributed by atoms with Crippen LogP contribution in [0.5, 0.6) is 5.75 Å². The lowest BCUT2D eigenvalue weighted by atomic mass is 10.1. The van der Waals surface area contributed by atoms with Crippen LogP contribution >= 0.6 is 34.8 Å². The lowest BCUT2D eigenvalue weighted by Crippen LogP contribution is -2.54. The van der Waals surface area contributed by atoms with Crippen LogP contribution in [0, 0.1) is 20.8 Å². The first-order valence-electron chi connectivity index (χ1n) is 11.6. The molecule has 0 spiro atoms. The number of carbonyl (C=O) groups excluding carboxylic acids is 4. The standard InChI is InChI=1S/C28H22Cl3N3O5/c1-14-7-8-18(9-15(14)2)32-24(35)13-39-25-21(30)11-17(12-22(25)31)10-19-26(36)33-28(38)34(27(19)37)23-6-4-5-20(29)16(23)3/h4-12H,13H2,1-3H3,(H,32,35)(H,33,36,38)/b19-10-. The molecule has 1 aliphatic heterocycles. The van der Waals surface area contributed by atoms with Crippen LogP contribution in [0.1, 0.15) is 22.3 Å². The van der Waals surface area contributed by atoms with E-state index in [0.717, 1.165) is 16.0 Å². The van der Waals surface area contributed by atoms with E-state index in [2.05, 4.69) is 10.6 Å². The Morgan fingerprint density at radius 3 is 2.31 bits per heavy atom. The summed E-state index contributed by atoms with van der Waals surface area (Å²) in [4.78, 5) is 51.5. The number of hydrogen-bond acceptors (Lipinski definition) is 5. The lowest BCUT2D eigenvalue weighted by Gasteiger charge is -2.27. The van der Waals surface area contributed by atoms with Crippen molar-refractivity contribution >= 4 is 76.0 Å². The van der Waals surface area contributed by atoms with E-state index in [0.29, 0.717) is 21.8 Å². The number of imide groups is 2. The number of nitrogens with one attached hydrogen (secondary N) is 2. The number of nitrogens with zero attached hydrogens (tertiary/aromatic N) is 1. The Morgan fingerprint density at radius 1 is 0.949 bits per heavy atom. The Kier molecular flexibility index (Phi) is 8.30. The summed E-state index contributed by atoms with van der Waals surface area (Å²) in [6.07, 6.45) is 1.25. The van der Waals surface area contributed by atoms with Gasteiger partial charge in [0.2, 0.25) is 0 Å². The zero-order valence-corrected chi connectivity index (χ0v) is 23.3. The smallest absolute Gasteiger partial charge is 0.335 e. The van der Waals surface area contributed by atoms with Crippen LogP contribution in [0.2, 0.25) is 15.1 Å². The number of benzene rings is 3. The van der Waals surface area contributed by atoms with Crippen LogP contribution in [-0.2, 0) is 14.4 Å². The lowest BCUT2D eigenvalue weighted by molar-refractivity contribution is -0.122. The summed E-state index contributed by atoms with van der Waals surface area (Å²) in [5.41, 5.74) is 3.47. The van der Waals surface area contributed by atoms with Gasteiger partial charge in [-0.05, 0) is 85.5 Å². The van der Waals surface area contributed by atoms with Gasteiger partial charge in [-0.25, -0.2) is 9.69 Å². The third kappa shape index (κ3) is 6.09. The van der Waals surface area contributed by atoms with E-state index in [1.807, 2.05) is 26.0 Å². The van der Waals surface area contributed by atoms with Crippen molar-refractivity contribution in [1.29, 1.82) is 0 Å². The van der Waals surface area contributed by atoms with Gasteiger partial charge < -0.3 is 10.1 Å². The summed E-state index contributed by atoms with van der Waals surface area (Å²) in [5.74, 6) is -2.08. The Hall–Kier alpha value is -3.85. The fraction of sp³-hybridized carbons (Fsp3) is 0.143. The molecule has 0 saturated carbocycles. The van der Waals surface area contributed by atoms with Crippen molar-refractivity contribution in [3.63, 3.8) is 0 Å². The van der Waals surface area contributed by atoms with Crippen LogP contribution in [0.4, 0.5) is 16.2 Å². The van der Waals surface area contributed by atoms with Crippen LogP contribution in [0.15, 0.2) is 54.1 Å². The predicted molar refractivity (Wildman–Crippen MR) is 152 cm³/mol. The van der Waals surface area contributed by atoms with Crippen molar-refractivity contribution in [3.8, 4) is 5.75 Å². The van der Waals surface area contributed by atoms with E-state index in [9.17, 15) is 19.2 Å². The molecule has 0 aliphatic carbocycles. The number of anilines is 2. The maximum absolute atomic E-state index is 13.2. The fourth-order valence-electron chi connectivity index (χ4n) is 3.84. The summed E-state index contributed by atoms with van der Waals surface area (Å²) in [7, 11) is 0. The van der Waals surface area contributed by atoms with Gasteiger partial charge in [-0.1, -0.05) is 46.9 Å². The van der Waals surface area contributed by atoms with Gasteiger partial charge in [0.1, 0.15) is 5.57 Å². The molecule has 1 heterocycles. The first kappa shape index (κ1) is 28.2. The highest BCUT2D eigenvalue weighted by Gasteiger charge is 2.37. The molecular formula is C28H22Cl3N3O5. The van der Waals surface area contributed by atoms with Crippen molar-refractivity contribution in [2.45, 2.75) is 20.8 Å². The number of hydrogen-bond donors (Lipinski definition) is 2. The number of urea groups is 1. The van der Waals surface area contributed by atoms with Gasteiger partial charge in [-0.2, -0.15) is 0 Å². The largest absolute Gasteiger partial charge is 0.481 e. The number of ether oxygens (including phenoxy) is 1. The van der Waals surface area contributed by atoms with E-state index in [1.165, 1.54) is 18.2 Å². The quantitative estimate of drug-likeness (QED) is 0.262. The zero-order valence-electron chi connectivity index (χ0n) is 21.0. The molecule has 1 saturated heterocycles. The maximum Gasteiger partial charge on any atom is 0.335 e. The molecule has 0 atom stereocenters. The minimum absolute atomic E-state index is 0.0515. The van der Waals surface area contributed by atoms with Crippen molar-refractivity contribution in [2.75, 3.05) is 16.8 Å². The summed E-state index contributed by atoms with van der Waals surface area (Å²) in [5, 5.41) is 5.35. The molecule has 11 heteroatoms. The second-order valence-corrected chi connectivity index (χ2v) is 10.0. The van der Waals surface area contributed by atoms with Crippen LogP contribution < -0.4 is 20.3 Å². The third-order valence-electron chi connectivity index (χ3n) is 6.05. The normalized spacial score (nSPS) is 14.5. The first-order valence-corrected chi connectivity index (χ1v) is 12.7. The molecule has 39 heavy (non-hydrogen) atoms. The molecule has 4 rings (SSSR count). The van der Waals surface area contributed by atoms with Crippen molar-refractivity contribution in [2.24, 2.45) is 0 Å². The second-order valence-electron chi connectivity index (χ2n) is 8.79. The van der Waals surface area contributed by atoms with Crippen molar-refractivity contribution < 1.29 is 23.9 Å². The highest BCUT2D eigenvalue weighted by molar-refractivity contribution is 6.40. The molecule has 200 valence electrons. The Balaban J connectivity index is 1.53. The first-order chi connectivity index (χ1) is 18.5. The Labute approximate surface area is 239 Å². The number of carbonyl (C=O) groups is 4. The highest BCUT2D eigenvalue weighted by atomic mass is 35.5. The summed E-state index contributed by atoms with van der Waals surface area (Å²) < 4.78 is 5.55. The molecule has 8 nitrogen and oxygen atoms in total. The van der Waals surface area contributed by atoms with E-state index >= 15 is 0 Å². The number of halogens is 3. The molecule has 2 N–H and O–H groups in total. The van der Waals surface area contributed by atoms with Crippen molar-refractivity contribution in [1.82, 2.24) is 5.32 Å². The van der Waals surface area contributed by atoms with Gasteiger partial charge in [0.05, 0.1) is 15.7 Å². The average Bonchev–Trinajstić information content (AvgIpc) is 2.86. The van der Waals surface area contributed by atoms with Gasteiger partial charge in [-0.3, -0.25) is 19.7 Å². The molecule has 3 aromatic carbocycles. The van der Waals surface area contributed by atoms with Crippen LogP contribution in [0.25, 0.3) is 6.08 Å². The number of rotatable bonds is 6. The second kappa shape index (κ2) is 11.5. The molecule has 0 bridgehead atoms. The minimum Gasteiger partial charge on any atom is -0.481 e. The Morgan fingerprint density at radius 2 is 1.64 bits per heavy atom. The predicted octanol–water partition coefficient (Wildman–Crippen LogP) is 6.26. The van der Waals surface area contributed by atoms with Crippen LogP contribution in [0.3, 0.4) is 0 Å². The monoisotopic (exact) mass is 585 g/mol. The van der Waals surface area contributed by atoms with E-state index < -0.39 is 23.8 Å². The molecule has 1 fully saturated rings. The molecule has 0 unspecified atom stereocenters. The maximum atomic E-state index is 13.2. The molecule has 0 radical (unpaired) electrons. The number of barbiturate groups is 1. The molecule has 5 amide bonds. The molecule has 3 aromatic rings. The summed E-state index contributed by atoms with van der Waals surface area (Å²) in [6.45, 7) is 5.21. The Bertz CT molecular complexity index is 1540. The zero-order chi connectivity index (χ0) is 28.4. The SMILES string of the molecule is Cc1ccc(NC(=O)COc2c(Cl)cc(/C=C3/C(=O)NC(=O)N(c4cccc(Cl)c4C)C3=O)cc2Cl)cc1C. The average molecular weight is 587 g/mol. The van der Waals surface area contributed by atoms with Crippen LogP contribution in [-0.4, -0.2) is 30.4 Å². The van der Waals surface area contributed by atoms with E-state index in [1.54, 1.807) is 31.2 Å². The van der Waals surface area contributed by atoms with Crippen molar-refractivity contribution in [3.05, 3.63) is 91.4 Å². The molecular weight excluding hydrogens is 565 g/mol. The van der Waals surface area contributed by atoms with Gasteiger partial charge in [0.15, 0.2) is 12.4 Å². The van der Waals surface area contributed by atoms with Gasteiger partial charge >= 0.3 is 6.03 Å². The fourth-order valence-corrected chi connectivity index (χ4v) is 4.62.